The minimum atomic E-state index is 0.0153. The Balaban J connectivity index is 2.56. The number of carbonyl (C=O) groups is 1. The Bertz CT molecular complexity index is 407. The predicted molar refractivity (Wildman–Crippen MR) is 77.8 cm³/mol. The molecule has 4 heteroatoms. The minimum absolute atomic E-state index is 0.0153. The Morgan fingerprint density at radius 1 is 1.28 bits per heavy atom. The number of rotatable bonds is 7. The van der Waals surface area contributed by atoms with E-state index < -0.39 is 0 Å². The number of hydrogen-bond donors (Lipinski definition) is 0. The van der Waals surface area contributed by atoms with E-state index in [9.17, 15) is 4.79 Å². The van der Waals surface area contributed by atoms with E-state index in [-0.39, 0.29) is 5.78 Å². The van der Waals surface area contributed by atoms with Crippen LogP contribution in [0.25, 0.3) is 0 Å². The summed E-state index contributed by atoms with van der Waals surface area (Å²) in [5, 5.41) is 1.00. The van der Waals surface area contributed by atoms with E-state index >= 15 is 0 Å². The highest BCUT2D eigenvalue weighted by Crippen LogP contribution is 2.21. The SMILES string of the molecule is CCCCCN(C)CC(=O)c1cc(Cl)ccc1Cl. The van der Waals surface area contributed by atoms with Crippen LogP contribution in [0.3, 0.4) is 0 Å². The highest BCUT2D eigenvalue weighted by atomic mass is 35.5. The Hall–Kier alpha value is -0.570. The maximum Gasteiger partial charge on any atom is 0.178 e. The molecule has 0 fully saturated rings. The molecule has 0 saturated heterocycles. The van der Waals surface area contributed by atoms with Crippen molar-refractivity contribution in [1.82, 2.24) is 4.90 Å². The van der Waals surface area contributed by atoms with Crippen molar-refractivity contribution in [2.45, 2.75) is 26.2 Å². The molecule has 0 atom stereocenters. The van der Waals surface area contributed by atoms with E-state index in [1.54, 1.807) is 18.2 Å². The molecule has 0 amide bonds. The molecular formula is C14H19Cl2NO. The van der Waals surface area contributed by atoms with Gasteiger partial charge in [0, 0.05) is 10.6 Å². The number of unbranched alkanes of at least 4 members (excludes halogenated alkanes) is 2. The zero-order valence-electron chi connectivity index (χ0n) is 10.9. The second-order valence-corrected chi connectivity index (χ2v) is 5.34. The van der Waals surface area contributed by atoms with E-state index in [0.717, 1.165) is 13.0 Å². The van der Waals surface area contributed by atoms with Gasteiger partial charge in [-0.2, -0.15) is 0 Å². The van der Waals surface area contributed by atoms with Gasteiger partial charge in [-0.1, -0.05) is 43.0 Å². The number of ketones is 1. The Morgan fingerprint density at radius 3 is 2.67 bits per heavy atom. The summed E-state index contributed by atoms with van der Waals surface area (Å²) >= 11 is 11.9. The fourth-order valence-corrected chi connectivity index (χ4v) is 2.15. The van der Waals surface area contributed by atoms with E-state index in [2.05, 4.69) is 6.92 Å². The molecule has 0 heterocycles. The lowest BCUT2D eigenvalue weighted by molar-refractivity contribution is 0.0945. The fourth-order valence-electron chi connectivity index (χ4n) is 1.75. The van der Waals surface area contributed by atoms with Gasteiger partial charge in [0.25, 0.3) is 0 Å². The van der Waals surface area contributed by atoms with Crippen LogP contribution in [-0.4, -0.2) is 30.8 Å². The molecule has 1 rings (SSSR count). The van der Waals surface area contributed by atoms with Crippen molar-refractivity contribution in [2.24, 2.45) is 0 Å². The third-order valence-corrected chi connectivity index (χ3v) is 3.35. The first kappa shape index (κ1) is 15.5. The first-order valence-electron chi connectivity index (χ1n) is 6.21. The second-order valence-electron chi connectivity index (χ2n) is 4.49. The fraction of sp³-hybridized carbons (Fsp3) is 0.500. The molecule has 18 heavy (non-hydrogen) atoms. The van der Waals surface area contributed by atoms with Gasteiger partial charge in [0.2, 0.25) is 0 Å². The quantitative estimate of drug-likeness (QED) is 0.551. The molecular weight excluding hydrogens is 269 g/mol. The molecule has 1 aromatic carbocycles. The summed E-state index contributed by atoms with van der Waals surface area (Å²) in [7, 11) is 1.95. The summed E-state index contributed by atoms with van der Waals surface area (Å²) in [6, 6.07) is 4.98. The summed E-state index contributed by atoms with van der Waals surface area (Å²) in [5.41, 5.74) is 0.506. The number of halogens is 2. The number of carbonyl (C=O) groups excluding carboxylic acids is 1. The molecule has 0 aliphatic carbocycles. The first-order chi connectivity index (χ1) is 8.54. The number of likely N-dealkylation sites (N-methyl/N-ethyl adjacent to an activating group) is 1. The summed E-state index contributed by atoms with van der Waals surface area (Å²) in [6.45, 7) is 3.47. The van der Waals surface area contributed by atoms with Crippen LogP contribution in [0.5, 0.6) is 0 Å². The van der Waals surface area contributed by atoms with Crippen LogP contribution in [0.15, 0.2) is 18.2 Å². The number of hydrogen-bond acceptors (Lipinski definition) is 2. The highest BCUT2D eigenvalue weighted by molar-refractivity contribution is 6.36. The van der Waals surface area contributed by atoms with Crippen molar-refractivity contribution in [3.63, 3.8) is 0 Å². The molecule has 0 aromatic heterocycles. The molecule has 0 aliphatic heterocycles. The van der Waals surface area contributed by atoms with Gasteiger partial charge in [-0.25, -0.2) is 0 Å². The number of nitrogens with zero attached hydrogens (tertiary/aromatic N) is 1. The summed E-state index contributed by atoms with van der Waals surface area (Å²) in [4.78, 5) is 14.1. The highest BCUT2D eigenvalue weighted by Gasteiger charge is 2.13. The van der Waals surface area contributed by atoms with Crippen LogP contribution in [0.1, 0.15) is 36.5 Å². The van der Waals surface area contributed by atoms with Crippen molar-refractivity contribution in [3.8, 4) is 0 Å². The van der Waals surface area contributed by atoms with Gasteiger partial charge in [-0.3, -0.25) is 9.69 Å². The van der Waals surface area contributed by atoms with Crippen LogP contribution >= 0.6 is 23.2 Å². The van der Waals surface area contributed by atoms with Crippen LogP contribution < -0.4 is 0 Å². The minimum Gasteiger partial charge on any atom is -0.299 e. The van der Waals surface area contributed by atoms with Gasteiger partial charge < -0.3 is 0 Å². The van der Waals surface area contributed by atoms with E-state index in [0.29, 0.717) is 22.2 Å². The zero-order chi connectivity index (χ0) is 13.5. The van der Waals surface area contributed by atoms with Crippen LogP contribution in [0, 0.1) is 0 Å². The number of benzene rings is 1. The molecule has 0 bridgehead atoms. The molecule has 0 aliphatic rings. The zero-order valence-corrected chi connectivity index (χ0v) is 12.4. The topological polar surface area (TPSA) is 20.3 Å². The molecule has 0 unspecified atom stereocenters. The van der Waals surface area contributed by atoms with Gasteiger partial charge in [0.15, 0.2) is 5.78 Å². The van der Waals surface area contributed by atoms with Crippen molar-refractivity contribution in [2.75, 3.05) is 20.1 Å². The Labute approximate surface area is 119 Å². The normalized spacial score (nSPS) is 10.9. The maximum atomic E-state index is 12.1. The van der Waals surface area contributed by atoms with Crippen molar-refractivity contribution >= 4 is 29.0 Å². The van der Waals surface area contributed by atoms with Crippen LogP contribution in [0.2, 0.25) is 10.0 Å². The van der Waals surface area contributed by atoms with Gasteiger partial charge >= 0.3 is 0 Å². The summed E-state index contributed by atoms with van der Waals surface area (Å²) in [6.07, 6.45) is 3.49. The predicted octanol–water partition coefficient (Wildman–Crippen LogP) is 4.30. The van der Waals surface area contributed by atoms with Crippen LogP contribution in [0.4, 0.5) is 0 Å². The van der Waals surface area contributed by atoms with E-state index in [1.807, 2.05) is 11.9 Å². The monoisotopic (exact) mass is 287 g/mol. The third-order valence-electron chi connectivity index (χ3n) is 2.79. The summed E-state index contributed by atoms with van der Waals surface area (Å²) < 4.78 is 0. The molecule has 0 spiro atoms. The average Bonchev–Trinajstić information content (AvgIpc) is 2.32. The number of Topliss-reactive ketones (excluding diaryl/α,β-unsaturated/α-hetero) is 1. The van der Waals surface area contributed by atoms with Crippen molar-refractivity contribution in [1.29, 1.82) is 0 Å². The second kappa shape index (κ2) is 7.78. The lowest BCUT2D eigenvalue weighted by Gasteiger charge is -2.15. The van der Waals surface area contributed by atoms with E-state index in [1.165, 1.54) is 12.8 Å². The smallest absolute Gasteiger partial charge is 0.178 e. The van der Waals surface area contributed by atoms with Gasteiger partial charge in [-0.15, -0.1) is 0 Å². The molecule has 2 nitrogen and oxygen atoms in total. The Kier molecular flexibility index (Phi) is 6.69. The lowest BCUT2D eigenvalue weighted by atomic mass is 10.1. The largest absolute Gasteiger partial charge is 0.299 e. The molecule has 0 saturated carbocycles. The van der Waals surface area contributed by atoms with Crippen molar-refractivity contribution in [3.05, 3.63) is 33.8 Å². The maximum absolute atomic E-state index is 12.1. The first-order valence-corrected chi connectivity index (χ1v) is 6.97. The Morgan fingerprint density at radius 2 is 2.00 bits per heavy atom. The van der Waals surface area contributed by atoms with E-state index in [4.69, 9.17) is 23.2 Å². The van der Waals surface area contributed by atoms with Crippen molar-refractivity contribution < 1.29 is 4.79 Å². The molecule has 1 aromatic rings. The van der Waals surface area contributed by atoms with Gasteiger partial charge in [0.05, 0.1) is 11.6 Å². The molecule has 0 N–H and O–H groups in total. The summed E-state index contributed by atoms with van der Waals surface area (Å²) in [5.74, 6) is 0.0153. The average molecular weight is 288 g/mol. The van der Waals surface area contributed by atoms with Gasteiger partial charge in [-0.05, 0) is 38.2 Å². The molecule has 100 valence electrons. The molecule has 0 radical (unpaired) electrons. The lowest BCUT2D eigenvalue weighted by Crippen LogP contribution is -2.27. The third kappa shape index (κ3) is 4.97. The van der Waals surface area contributed by atoms with Crippen LogP contribution in [-0.2, 0) is 0 Å². The van der Waals surface area contributed by atoms with Gasteiger partial charge in [0.1, 0.15) is 0 Å². The standard InChI is InChI=1S/C14H19Cl2NO/c1-3-4-5-8-17(2)10-14(18)12-9-11(15)6-7-13(12)16/h6-7,9H,3-5,8,10H2,1-2H3.